The quantitative estimate of drug-likeness (QED) is 0.280. The maximum Gasteiger partial charge on any atom is 0.279 e. The van der Waals surface area contributed by atoms with Crippen molar-refractivity contribution < 1.29 is 13.6 Å². The lowest BCUT2D eigenvalue weighted by Crippen LogP contribution is -2.48. The van der Waals surface area contributed by atoms with Gasteiger partial charge in [0.2, 0.25) is 0 Å². The number of rotatable bonds is 4. The summed E-state index contributed by atoms with van der Waals surface area (Å²) in [6.45, 7) is 4.34. The highest BCUT2D eigenvalue weighted by molar-refractivity contribution is 7.87. The largest absolute Gasteiger partial charge is 0.409 e. The molecule has 4 N–H and O–H groups in total. The molecule has 0 spiro atoms. The molecular weight excluding hydrogens is 244 g/mol. The van der Waals surface area contributed by atoms with E-state index in [2.05, 4.69) is 9.88 Å². The van der Waals surface area contributed by atoms with Crippen molar-refractivity contribution in [3.05, 3.63) is 0 Å². The molecule has 0 saturated carbocycles. The van der Waals surface area contributed by atoms with Gasteiger partial charge in [-0.05, 0) is 26.7 Å². The molecule has 0 aliphatic carbocycles. The van der Waals surface area contributed by atoms with Gasteiger partial charge < -0.3 is 10.9 Å². The van der Waals surface area contributed by atoms with Gasteiger partial charge in [-0.2, -0.15) is 17.4 Å². The van der Waals surface area contributed by atoms with Crippen molar-refractivity contribution in [3.63, 3.8) is 0 Å². The molecule has 17 heavy (non-hydrogen) atoms. The van der Waals surface area contributed by atoms with Gasteiger partial charge in [0, 0.05) is 25.0 Å². The Kier molecular flexibility index (Phi) is 4.72. The summed E-state index contributed by atoms with van der Waals surface area (Å²) in [5.74, 6) is 0.143. The summed E-state index contributed by atoms with van der Waals surface area (Å²) >= 11 is 0. The summed E-state index contributed by atoms with van der Waals surface area (Å²) in [6, 6.07) is -0.123. The van der Waals surface area contributed by atoms with Crippen molar-refractivity contribution in [2.24, 2.45) is 16.8 Å². The summed E-state index contributed by atoms with van der Waals surface area (Å²) in [5.41, 5.74) is 5.50. The van der Waals surface area contributed by atoms with Crippen molar-refractivity contribution in [1.29, 1.82) is 0 Å². The Hall–Kier alpha value is -0.860. The third-order valence-electron chi connectivity index (χ3n) is 2.71. The second-order valence-electron chi connectivity index (χ2n) is 4.48. The smallest absolute Gasteiger partial charge is 0.279 e. The Bertz CT molecular complexity index is 372. The molecule has 0 aromatic rings. The Morgan fingerprint density at radius 3 is 2.41 bits per heavy atom. The van der Waals surface area contributed by atoms with E-state index in [4.69, 9.17) is 10.9 Å². The van der Waals surface area contributed by atoms with Crippen LogP contribution in [0.25, 0.3) is 0 Å². The zero-order valence-electron chi connectivity index (χ0n) is 10.1. The van der Waals surface area contributed by atoms with Crippen LogP contribution < -0.4 is 10.5 Å². The predicted octanol–water partition coefficient (Wildman–Crippen LogP) is -0.312. The standard InChI is InChI=1S/C9H20N4O3S/c1-7(2)12-17(15,16)13-5-3-8(4-6-13)9(10)11-14/h7-8,12,14H,3-6H2,1-2H3,(H2,10,11). The van der Waals surface area contributed by atoms with Crippen LogP contribution in [-0.4, -0.2) is 42.9 Å². The first-order valence-electron chi connectivity index (χ1n) is 5.61. The first-order valence-corrected chi connectivity index (χ1v) is 7.05. The zero-order valence-corrected chi connectivity index (χ0v) is 10.9. The minimum atomic E-state index is -3.40. The van der Waals surface area contributed by atoms with Crippen LogP contribution in [0.1, 0.15) is 26.7 Å². The highest BCUT2D eigenvalue weighted by atomic mass is 32.2. The van der Waals surface area contributed by atoms with E-state index < -0.39 is 10.2 Å². The van der Waals surface area contributed by atoms with E-state index >= 15 is 0 Å². The van der Waals surface area contributed by atoms with Crippen molar-refractivity contribution in [2.75, 3.05) is 13.1 Å². The van der Waals surface area contributed by atoms with Gasteiger partial charge in [-0.3, -0.25) is 0 Å². The first kappa shape index (κ1) is 14.2. The fourth-order valence-electron chi connectivity index (χ4n) is 1.85. The molecule has 0 aromatic carbocycles. The molecule has 1 heterocycles. The van der Waals surface area contributed by atoms with Gasteiger partial charge in [-0.15, -0.1) is 0 Å². The minimum absolute atomic E-state index is 0.0366. The molecule has 1 aliphatic heterocycles. The fourth-order valence-corrected chi connectivity index (χ4v) is 3.28. The Labute approximate surface area is 102 Å². The highest BCUT2D eigenvalue weighted by Crippen LogP contribution is 2.19. The second-order valence-corrected chi connectivity index (χ2v) is 6.18. The van der Waals surface area contributed by atoms with E-state index in [0.29, 0.717) is 25.9 Å². The van der Waals surface area contributed by atoms with Crippen molar-refractivity contribution >= 4 is 16.0 Å². The van der Waals surface area contributed by atoms with Crippen molar-refractivity contribution in [1.82, 2.24) is 9.03 Å². The number of nitrogens with zero attached hydrogens (tertiary/aromatic N) is 2. The summed E-state index contributed by atoms with van der Waals surface area (Å²) in [6.07, 6.45) is 1.16. The third-order valence-corrected chi connectivity index (χ3v) is 4.53. The molecule has 1 rings (SSSR count). The van der Waals surface area contributed by atoms with Crippen LogP contribution in [0.15, 0.2) is 5.16 Å². The Balaban J connectivity index is 2.58. The average molecular weight is 264 g/mol. The fraction of sp³-hybridized carbons (Fsp3) is 0.889. The number of hydrogen-bond acceptors (Lipinski definition) is 4. The van der Waals surface area contributed by atoms with Crippen molar-refractivity contribution in [3.8, 4) is 0 Å². The third kappa shape index (κ3) is 3.83. The lowest BCUT2D eigenvalue weighted by Gasteiger charge is -2.31. The average Bonchev–Trinajstić information content (AvgIpc) is 2.26. The summed E-state index contributed by atoms with van der Waals surface area (Å²) in [4.78, 5) is 0. The number of piperidine rings is 1. The highest BCUT2D eigenvalue weighted by Gasteiger charge is 2.29. The van der Waals surface area contributed by atoms with Gasteiger partial charge in [0.15, 0.2) is 0 Å². The molecule has 1 saturated heterocycles. The van der Waals surface area contributed by atoms with Crippen LogP contribution in [0, 0.1) is 5.92 Å². The minimum Gasteiger partial charge on any atom is -0.409 e. The molecule has 0 unspecified atom stereocenters. The van der Waals surface area contributed by atoms with Crippen molar-refractivity contribution in [2.45, 2.75) is 32.7 Å². The maximum atomic E-state index is 11.8. The molecule has 0 amide bonds. The van der Waals surface area contributed by atoms with E-state index in [1.807, 2.05) is 0 Å². The second kappa shape index (κ2) is 5.65. The summed E-state index contributed by atoms with van der Waals surface area (Å²) < 4.78 is 27.6. The molecule has 0 aromatic heterocycles. The molecule has 1 aliphatic rings. The van der Waals surface area contributed by atoms with Crippen LogP contribution >= 0.6 is 0 Å². The predicted molar refractivity (Wildman–Crippen MR) is 64.9 cm³/mol. The monoisotopic (exact) mass is 264 g/mol. The maximum absolute atomic E-state index is 11.8. The normalized spacial score (nSPS) is 21.0. The van der Waals surface area contributed by atoms with Crippen LogP contribution in [0.4, 0.5) is 0 Å². The van der Waals surface area contributed by atoms with Gasteiger partial charge in [0.1, 0.15) is 5.84 Å². The summed E-state index contributed by atoms with van der Waals surface area (Å²) in [7, 11) is -3.40. The van der Waals surface area contributed by atoms with Crippen LogP contribution in [-0.2, 0) is 10.2 Å². The SMILES string of the molecule is CC(C)NS(=O)(=O)N1CCC(C(N)=NO)CC1. The lowest BCUT2D eigenvalue weighted by molar-refractivity contribution is 0.289. The molecule has 7 nitrogen and oxygen atoms in total. The number of oxime groups is 1. The lowest BCUT2D eigenvalue weighted by atomic mass is 9.97. The van der Waals surface area contributed by atoms with Gasteiger partial charge in [0.25, 0.3) is 10.2 Å². The number of hydrogen-bond donors (Lipinski definition) is 3. The van der Waals surface area contributed by atoms with Gasteiger partial charge in [-0.1, -0.05) is 5.16 Å². The summed E-state index contributed by atoms with van der Waals surface area (Å²) in [5, 5.41) is 11.5. The van der Waals surface area contributed by atoms with Crippen LogP contribution in [0.3, 0.4) is 0 Å². The van der Waals surface area contributed by atoms with Gasteiger partial charge >= 0.3 is 0 Å². The number of nitrogens with two attached hydrogens (primary N) is 1. The topological polar surface area (TPSA) is 108 Å². The molecule has 0 radical (unpaired) electrons. The van der Waals surface area contributed by atoms with Crippen LogP contribution in [0.2, 0.25) is 0 Å². The van der Waals surface area contributed by atoms with E-state index in [1.54, 1.807) is 13.8 Å². The van der Waals surface area contributed by atoms with E-state index in [0.717, 1.165) is 0 Å². The molecular formula is C9H20N4O3S. The molecule has 100 valence electrons. The number of nitrogens with one attached hydrogen (secondary N) is 1. The molecule has 0 bridgehead atoms. The zero-order chi connectivity index (χ0) is 13.1. The molecule has 0 atom stereocenters. The van der Waals surface area contributed by atoms with Gasteiger partial charge in [0.05, 0.1) is 0 Å². The van der Waals surface area contributed by atoms with Crippen LogP contribution in [0.5, 0.6) is 0 Å². The van der Waals surface area contributed by atoms with E-state index in [-0.39, 0.29) is 17.8 Å². The number of amidine groups is 1. The Morgan fingerprint density at radius 1 is 1.47 bits per heavy atom. The van der Waals surface area contributed by atoms with Gasteiger partial charge in [-0.25, -0.2) is 0 Å². The Morgan fingerprint density at radius 2 is 2.00 bits per heavy atom. The molecule has 8 heteroatoms. The first-order chi connectivity index (χ1) is 7.86. The van der Waals surface area contributed by atoms with E-state index in [9.17, 15) is 8.42 Å². The molecule has 1 fully saturated rings. The van der Waals surface area contributed by atoms with E-state index in [1.165, 1.54) is 4.31 Å².